The largest absolute Gasteiger partial charge is 0.347 e. The molecule has 0 bridgehead atoms. The molecule has 4 atom stereocenters. The molecule has 6 rings (SSSR count). The van der Waals surface area contributed by atoms with Gasteiger partial charge in [-0.15, -0.1) is 0 Å². The Morgan fingerprint density at radius 1 is 1.03 bits per heavy atom. The number of hydrazine groups is 1. The lowest BCUT2D eigenvalue weighted by Gasteiger charge is -2.33. The Bertz CT molecular complexity index is 1040. The van der Waals surface area contributed by atoms with Gasteiger partial charge < -0.3 is 4.90 Å². The van der Waals surface area contributed by atoms with Crippen molar-refractivity contribution in [2.45, 2.75) is 50.4 Å². The van der Waals surface area contributed by atoms with Gasteiger partial charge in [-0.3, -0.25) is 10.1 Å². The highest BCUT2D eigenvalue weighted by Gasteiger charge is 2.42. The molecular weight excluding hydrogens is 380 g/mol. The van der Waals surface area contributed by atoms with Gasteiger partial charge in [-0.1, -0.05) is 0 Å². The summed E-state index contributed by atoms with van der Waals surface area (Å²) in [5.41, 5.74) is 9.46. The summed E-state index contributed by atoms with van der Waals surface area (Å²) >= 11 is 0. The molecule has 10 nitrogen and oxygen atoms in total. The first-order chi connectivity index (χ1) is 14.7. The summed E-state index contributed by atoms with van der Waals surface area (Å²) in [6.07, 6.45) is 11.0. The van der Waals surface area contributed by atoms with Crippen molar-refractivity contribution in [1.29, 1.82) is 0 Å². The van der Waals surface area contributed by atoms with Crippen molar-refractivity contribution in [2.75, 3.05) is 11.4 Å². The number of hydrogen-bond acceptors (Lipinski definition) is 8. The summed E-state index contributed by atoms with van der Waals surface area (Å²) in [5.74, 6) is 2.99. The fourth-order valence-corrected chi connectivity index (χ4v) is 5.27. The molecule has 0 amide bonds. The quantitative estimate of drug-likeness (QED) is 0.662. The number of nitrogens with one attached hydrogen (secondary N) is 2. The summed E-state index contributed by atoms with van der Waals surface area (Å²) in [7, 11) is 1.99. The average molecular weight is 406 g/mol. The van der Waals surface area contributed by atoms with Crippen molar-refractivity contribution in [1.82, 2.24) is 45.4 Å². The van der Waals surface area contributed by atoms with Gasteiger partial charge in [0.25, 0.3) is 0 Å². The zero-order valence-corrected chi connectivity index (χ0v) is 17.0. The first-order valence-electron chi connectivity index (χ1n) is 10.7. The molecule has 3 aliphatic rings. The molecule has 3 aromatic rings. The first-order valence-corrected chi connectivity index (χ1v) is 10.7. The van der Waals surface area contributed by atoms with Gasteiger partial charge in [0.1, 0.15) is 24.3 Å². The van der Waals surface area contributed by atoms with Crippen LogP contribution in [0.1, 0.15) is 48.3 Å². The van der Waals surface area contributed by atoms with E-state index in [1.165, 1.54) is 12.0 Å². The van der Waals surface area contributed by atoms with E-state index in [2.05, 4.69) is 53.2 Å². The highest BCUT2D eigenvalue weighted by molar-refractivity contribution is 5.40. The van der Waals surface area contributed by atoms with Crippen LogP contribution in [0.15, 0.2) is 31.1 Å². The Hall–Kier alpha value is -2.85. The minimum absolute atomic E-state index is 0.185. The molecule has 0 radical (unpaired) electrons. The van der Waals surface area contributed by atoms with Gasteiger partial charge in [0.2, 0.25) is 0 Å². The van der Waals surface area contributed by atoms with Gasteiger partial charge in [0, 0.05) is 31.9 Å². The lowest BCUT2D eigenvalue weighted by Crippen LogP contribution is -2.35. The molecule has 2 aliphatic heterocycles. The molecule has 0 spiro atoms. The fourth-order valence-electron chi connectivity index (χ4n) is 5.27. The highest BCUT2D eigenvalue weighted by atomic mass is 15.4. The Morgan fingerprint density at radius 2 is 2.00 bits per heavy atom. The van der Waals surface area contributed by atoms with Crippen LogP contribution in [0.5, 0.6) is 0 Å². The second kappa shape index (κ2) is 7.13. The maximum Gasteiger partial charge on any atom is 0.146 e. The van der Waals surface area contributed by atoms with E-state index in [0.29, 0.717) is 17.9 Å². The van der Waals surface area contributed by atoms with Crippen LogP contribution in [0.3, 0.4) is 0 Å². The van der Waals surface area contributed by atoms with Crippen LogP contribution in [0.25, 0.3) is 0 Å². The van der Waals surface area contributed by atoms with E-state index in [9.17, 15) is 0 Å². The van der Waals surface area contributed by atoms with Crippen LogP contribution in [-0.2, 0) is 20.1 Å². The Labute approximate surface area is 174 Å². The van der Waals surface area contributed by atoms with E-state index in [1.807, 2.05) is 22.6 Å². The van der Waals surface area contributed by atoms with E-state index in [0.717, 1.165) is 49.8 Å². The van der Waals surface area contributed by atoms with Gasteiger partial charge in [-0.2, -0.15) is 10.2 Å². The second-order valence-corrected chi connectivity index (χ2v) is 8.62. The van der Waals surface area contributed by atoms with Crippen molar-refractivity contribution < 1.29 is 0 Å². The van der Waals surface area contributed by atoms with Gasteiger partial charge in [0.05, 0.1) is 31.0 Å². The molecule has 0 aromatic carbocycles. The summed E-state index contributed by atoms with van der Waals surface area (Å²) in [4.78, 5) is 15.8. The molecule has 1 saturated heterocycles. The number of aryl methyl sites for hydroxylation is 1. The van der Waals surface area contributed by atoms with E-state index in [-0.39, 0.29) is 6.04 Å². The molecule has 10 heteroatoms. The molecule has 1 saturated carbocycles. The van der Waals surface area contributed by atoms with Gasteiger partial charge in [-0.25, -0.2) is 25.1 Å². The maximum absolute atomic E-state index is 4.65. The molecule has 156 valence electrons. The second-order valence-electron chi connectivity index (χ2n) is 8.62. The van der Waals surface area contributed by atoms with Crippen LogP contribution in [-0.4, -0.2) is 47.1 Å². The number of fused-ring (bicyclic) bond motifs is 2. The fraction of sp³-hybridized carbons (Fsp3) is 0.550. The lowest BCUT2D eigenvalue weighted by atomic mass is 9.73. The standard InChI is InChI=1S/C20H26N10/c1-28-9-14(8-24-28)13-2-3-16-15(6-13)20(27-26-16)17-7-18(22-11-21-17)29-4-5-30-19(10-29)23-12-25-30/h7-9,11-13,15-16,20,26-27H,2-6,10H2,1H3. The van der Waals surface area contributed by atoms with Crippen molar-refractivity contribution in [3.05, 3.63) is 48.2 Å². The van der Waals surface area contributed by atoms with Crippen molar-refractivity contribution >= 4 is 5.82 Å². The number of aromatic nitrogens is 7. The zero-order valence-electron chi connectivity index (χ0n) is 17.0. The van der Waals surface area contributed by atoms with Crippen LogP contribution in [0, 0.1) is 5.92 Å². The summed E-state index contributed by atoms with van der Waals surface area (Å²) in [5, 5.41) is 8.64. The monoisotopic (exact) mass is 406 g/mol. The van der Waals surface area contributed by atoms with E-state index in [1.54, 1.807) is 12.7 Å². The van der Waals surface area contributed by atoms with Crippen molar-refractivity contribution in [3.8, 4) is 0 Å². The Kier molecular flexibility index (Phi) is 4.27. The normalized spacial score (nSPS) is 28.4. The molecule has 2 N–H and O–H groups in total. The molecule has 30 heavy (non-hydrogen) atoms. The first kappa shape index (κ1) is 18.0. The minimum atomic E-state index is 0.185. The van der Waals surface area contributed by atoms with Crippen molar-refractivity contribution in [2.24, 2.45) is 13.0 Å². The molecule has 2 fully saturated rings. The number of anilines is 1. The SMILES string of the molecule is Cn1cc(C2CCC3NNC(c4cc(N5CCn6ncnc6C5)ncn4)C3C2)cn1. The van der Waals surface area contributed by atoms with Gasteiger partial charge >= 0.3 is 0 Å². The summed E-state index contributed by atoms with van der Waals surface area (Å²) < 4.78 is 3.87. The van der Waals surface area contributed by atoms with Crippen LogP contribution in [0.2, 0.25) is 0 Å². The molecule has 1 aliphatic carbocycles. The third-order valence-electron chi connectivity index (χ3n) is 6.87. The van der Waals surface area contributed by atoms with Crippen LogP contribution >= 0.6 is 0 Å². The number of rotatable bonds is 3. The summed E-state index contributed by atoms with van der Waals surface area (Å²) in [6.45, 7) is 2.43. The van der Waals surface area contributed by atoms with E-state index in [4.69, 9.17) is 0 Å². The van der Waals surface area contributed by atoms with Gasteiger partial charge in [-0.05, 0) is 36.7 Å². The lowest BCUT2D eigenvalue weighted by molar-refractivity contribution is 0.276. The highest BCUT2D eigenvalue weighted by Crippen LogP contribution is 2.43. The zero-order chi connectivity index (χ0) is 20.1. The Morgan fingerprint density at radius 3 is 2.90 bits per heavy atom. The predicted molar refractivity (Wildman–Crippen MR) is 109 cm³/mol. The Balaban J connectivity index is 1.23. The molecule has 3 aromatic heterocycles. The number of hydrogen-bond donors (Lipinski definition) is 2. The third-order valence-corrected chi connectivity index (χ3v) is 6.87. The predicted octanol–water partition coefficient (Wildman–Crippen LogP) is 0.923. The number of nitrogens with zero attached hydrogens (tertiary/aromatic N) is 8. The van der Waals surface area contributed by atoms with Gasteiger partial charge in [0.15, 0.2) is 0 Å². The van der Waals surface area contributed by atoms with E-state index >= 15 is 0 Å². The summed E-state index contributed by atoms with van der Waals surface area (Å²) in [6, 6.07) is 2.81. The van der Waals surface area contributed by atoms with E-state index < -0.39 is 0 Å². The molecular formula is C20H26N10. The topological polar surface area (TPSA) is 102 Å². The third kappa shape index (κ3) is 3.07. The minimum Gasteiger partial charge on any atom is -0.347 e. The maximum atomic E-state index is 4.65. The average Bonchev–Trinajstić information content (AvgIpc) is 3.52. The van der Waals surface area contributed by atoms with Crippen LogP contribution in [0.4, 0.5) is 5.82 Å². The van der Waals surface area contributed by atoms with Crippen LogP contribution < -0.4 is 15.8 Å². The molecule has 5 heterocycles. The molecule has 4 unspecified atom stereocenters. The smallest absolute Gasteiger partial charge is 0.146 e. The van der Waals surface area contributed by atoms with Crippen molar-refractivity contribution in [3.63, 3.8) is 0 Å².